The van der Waals surface area contributed by atoms with Gasteiger partial charge in [-0.3, -0.25) is 0 Å². The van der Waals surface area contributed by atoms with Gasteiger partial charge in [0.15, 0.2) is 0 Å². The smallest absolute Gasteiger partial charge is 0.124 e. The van der Waals surface area contributed by atoms with Gasteiger partial charge in [0, 0.05) is 11.9 Å². The third kappa shape index (κ3) is 2.69. The number of hydrogen-bond donors (Lipinski definition) is 0. The van der Waals surface area contributed by atoms with Crippen molar-refractivity contribution in [3.63, 3.8) is 0 Å². The molecule has 0 radical (unpaired) electrons. The fraction of sp³-hybridized carbons (Fsp3) is 0.538. The first-order valence-corrected chi connectivity index (χ1v) is 5.92. The van der Waals surface area contributed by atoms with E-state index in [0.29, 0.717) is 5.88 Å². The van der Waals surface area contributed by atoms with E-state index in [2.05, 4.69) is 30.9 Å². The highest BCUT2D eigenvalue weighted by molar-refractivity contribution is 6.18. The van der Waals surface area contributed by atoms with Crippen LogP contribution >= 0.6 is 11.6 Å². The van der Waals surface area contributed by atoms with Gasteiger partial charge in [0.05, 0.1) is 7.11 Å². The SMILES string of the molecule is COc1c(C)cc(C(CCl)N(C)C)cc1C. The van der Waals surface area contributed by atoms with Crippen molar-refractivity contribution in [3.05, 3.63) is 28.8 Å². The van der Waals surface area contributed by atoms with Crippen molar-refractivity contribution in [3.8, 4) is 5.75 Å². The number of hydrogen-bond acceptors (Lipinski definition) is 2. The molecule has 0 saturated heterocycles. The molecule has 0 amide bonds. The van der Waals surface area contributed by atoms with E-state index >= 15 is 0 Å². The Bertz CT molecular complexity index is 340. The maximum Gasteiger partial charge on any atom is 0.124 e. The molecule has 16 heavy (non-hydrogen) atoms. The van der Waals surface area contributed by atoms with Gasteiger partial charge < -0.3 is 9.64 Å². The summed E-state index contributed by atoms with van der Waals surface area (Å²) in [5, 5.41) is 0. The molecule has 1 unspecified atom stereocenters. The fourth-order valence-corrected chi connectivity index (χ4v) is 2.48. The van der Waals surface area contributed by atoms with Crippen LogP contribution in [0.3, 0.4) is 0 Å². The third-order valence-corrected chi connectivity index (χ3v) is 3.13. The van der Waals surface area contributed by atoms with Gasteiger partial charge in [0.1, 0.15) is 5.75 Å². The molecule has 0 aliphatic rings. The Hall–Kier alpha value is -0.730. The molecule has 1 atom stereocenters. The third-order valence-electron chi connectivity index (χ3n) is 2.84. The fourth-order valence-electron chi connectivity index (χ4n) is 2.02. The number of benzene rings is 1. The van der Waals surface area contributed by atoms with Gasteiger partial charge >= 0.3 is 0 Å². The van der Waals surface area contributed by atoms with E-state index in [1.807, 2.05) is 14.1 Å². The normalized spacial score (nSPS) is 12.9. The molecule has 1 aromatic rings. The predicted molar refractivity (Wildman–Crippen MR) is 69.6 cm³/mol. The summed E-state index contributed by atoms with van der Waals surface area (Å²) in [5.41, 5.74) is 3.57. The number of aryl methyl sites for hydroxylation is 2. The van der Waals surface area contributed by atoms with E-state index in [1.165, 1.54) is 5.56 Å². The molecule has 1 aromatic carbocycles. The van der Waals surface area contributed by atoms with Gasteiger partial charge in [-0.2, -0.15) is 0 Å². The van der Waals surface area contributed by atoms with Gasteiger partial charge in [-0.05, 0) is 44.6 Å². The molecule has 0 spiro atoms. The van der Waals surface area contributed by atoms with Gasteiger partial charge in [0.25, 0.3) is 0 Å². The Balaban J connectivity index is 3.16. The lowest BCUT2D eigenvalue weighted by atomic mass is 10.0. The van der Waals surface area contributed by atoms with Crippen LogP contribution in [0.15, 0.2) is 12.1 Å². The highest BCUT2D eigenvalue weighted by Crippen LogP contribution is 2.29. The second kappa shape index (κ2) is 5.55. The standard InChI is InChI=1S/C13H20ClNO/c1-9-6-11(12(8-14)15(3)4)7-10(2)13(9)16-5/h6-7,12H,8H2,1-5H3. The summed E-state index contributed by atoms with van der Waals surface area (Å²) < 4.78 is 5.36. The lowest BCUT2D eigenvalue weighted by molar-refractivity contribution is 0.324. The number of ether oxygens (including phenoxy) is 1. The maximum atomic E-state index is 6.00. The molecule has 0 bridgehead atoms. The summed E-state index contributed by atoms with van der Waals surface area (Å²) in [6.45, 7) is 4.13. The Morgan fingerprint density at radius 2 is 1.75 bits per heavy atom. The van der Waals surface area contributed by atoms with E-state index in [9.17, 15) is 0 Å². The molecule has 0 fully saturated rings. The van der Waals surface area contributed by atoms with Crippen molar-refractivity contribution < 1.29 is 4.74 Å². The van der Waals surface area contributed by atoms with E-state index in [-0.39, 0.29) is 6.04 Å². The monoisotopic (exact) mass is 241 g/mol. The number of nitrogens with zero attached hydrogens (tertiary/aromatic N) is 1. The van der Waals surface area contributed by atoms with Crippen LogP contribution in [-0.4, -0.2) is 32.0 Å². The van der Waals surface area contributed by atoms with Crippen molar-refractivity contribution in [2.24, 2.45) is 0 Å². The van der Waals surface area contributed by atoms with E-state index in [0.717, 1.165) is 16.9 Å². The summed E-state index contributed by atoms with van der Waals surface area (Å²) in [5.74, 6) is 1.56. The van der Waals surface area contributed by atoms with Crippen LogP contribution in [0.25, 0.3) is 0 Å². The lowest BCUT2D eigenvalue weighted by Crippen LogP contribution is -2.21. The molecule has 0 heterocycles. The first-order valence-electron chi connectivity index (χ1n) is 5.38. The molecule has 0 N–H and O–H groups in total. The average Bonchev–Trinajstić information content (AvgIpc) is 2.17. The quantitative estimate of drug-likeness (QED) is 0.751. The van der Waals surface area contributed by atoms with Crippen LogP contribution in [-0.2, 0) is 0 Å². The van der Waals surface area contributed by atoms with Gasteiger partial charge in [-0.15, -0.1) is 11.6 Å². The summed E-state index contributed by atoms with van der Waals surface area (Å²) >= 11 is 6.00. The minimum atomic E-state index is 0.255. The van der Waals surface area contributed by atoms with E-state index in [1.54, 1.807) is 7.11 Å². The second-order valence-electron chi connectivity index (χ2n) is 4.32. The molecule has 2 nitrogen and oxygen atoms in total. The zero-order valence-electron chi connectivity index (χ0n) is 10.7. The molecule has 0 aliphatic carbocycles. The molecule has 1 rings (SSSR count). The van der Waals surface area contributed by atoms with Crippen molar-refractivity contribution in [2.75, 3.05) is 27.1 Å². The maximum absolute atomic E-state index is 6.00. The Labute approximate surface area is 103 Å². The predicted octanol–water partition coefficient (Wildman–Crippen LogP) is 3.15. The molecule has 0 aliphatic heterocycles. The van der Waals surface area contributed by atoms with Crippen LogP contribution in [0.1, 0.15) is 22.7 Å². The number of alkyl halides is 1. The second-order valence-corrected chi connectivity index (χ2v) is 4.63. The molecular formula is C13H20ClNO. The number of halogens is 1. The first kappa shape index (κ1) is 13.3. The minimum Gasteiger partial charge on any atom is -0.496 e. The van der Waals surface area contributed by atoms with Crippen LogP contribution in [0, 0.1) is 13.8 Å². The first-order chi connectivity index (χ1) is 7.51. The Morgan fingerprint density at radius 3 is 2.06 bits per heavy atom. The average molecular weight is 242 g/mol. The van der Waals surface area contributed by atoms with Gasteiger partial charge in [0.2, 0.25) is 0 Å². The number of methoxy groups -OCH3 is 1. The summed E-state index contributed by atoms with van der Waals surface area (Å²) in [6.07, 6.45) is 0. The summed E-state index contributed by atoms with van der Waals surface area (Å²) in [7, 11) is 5.80. The van der Waals surface area contributed by atoms with Crippen molar-refractivity contribution in [2.45, 2.75) is 19.9 Å². The zero-order valence-corrected chi connectivity index (χ0v) is 11.4. The largest absolute Gasteiger partial charge is 0.496 e. The molecular weight excluding hydrogens is 222 g/mol. The highest BCUT2D eigenvalue weighted by atomic mass is 35.5. The summed E-state index contributed by atoms with van der Waals surface area (Å²) in [4.78, 5) is 2.13. The van der Waals surface area contributed by atoms with Crippen molar-refractivity contribution >= 4 is 11.6 Å². The van der Waals surface area contributed by atoms with Crippen LogP contribution in [0.5, 0.6) is 5.75 Å². The lowest BCUT2D eigenvalue weighted by Gasteiger charge is -2.24. The molecule has 3 heteroatoms. The van der Waals surface area contributed by atoms with Crippen LogP contribution in [0.2, 0.25) is 0 Å². The number of rotatable bonds is 4. The minimum absolute atomic E-state index is 0.255. The van der Waals surface area contributed by atoms with Gasteiger partial charge in [-0.25, -0.2) is 0 Å². The van der Waals surface area contributed by atoms with E-state index in [4.69, 9.17) is 16.3 Å². The van der Waals surface area contributed by atoms with Crippen LogP contribution < -0.4 is 4.74 Å². The Morgan fingerprint density at radius 1 is 1.25 bits per heavy atom. The Kier molecular flexibility index (Phi) is 4.63. The molecule has 0 saturated carbocycles. The molecule has 0 aromatic heterocycles. The van der Waals surface area contributed by atoms with Crippen molar-refractivity contribution in [1.82, 2.24) is 4.90 Å². The van der Waals surface area contributed by atoms with Gasteiger partial charge in [-0.1, -0.05) is 12.1 Å². The topological polar surface area (TPSA) is 12.5 Å². The summed E-state index contributed by atoms with van der Waals surface area (Å²) in [6, 6.07) is 4.56. The van der Waals surface area contributed by atoms with E-state index < -0.39 is 0 Å². The van der Waals surface area contributed by atoms with Crippen LogP contribution in [0.4, 0.5) is 0 Å². The zero-order chi connectivity index (χ0) is 12.3. The highest BCUT2D eigenvalue weighted by Gasteiger charge is 2.15. The van der Waals surface area contributed by atoms with Crippen molar-refractivity contribution in [1.29, 1.82) is 0 Å². The molecule has 90 valence electrons.